The van der Waals surface area contributed by atoms with Crippen molar-refractivity contribution in [3.63, 3.8) is 0 Å². The average Bonchev–Trinajstić information content (AvgIpc) is 2.32. The summed E-state index contributed by atoms with van der Waals surface area (Å²) in [5.41, 5.74) is -0.549. The number of guanidine groups is 1. The Morgan fingerprint density at radius 2 is 1.57 bits per heavy atom. The number of nitrogens with zero attached hydrogens (tertiary/aromatic N) is 1. The molecule has 0 aliphatic rings. The molecule has 0 aromatic rings. The summed E-state index contributed by atoms with van der Waals surface area (Å²) in [7, 11) is 1.47. The molecule has 138 valence electrons. The molecule has 0 aliphatic carbocycles. The molecule has 0 saturated heterocycles. The first kappa shape index (κ1) is 24.3. The van der Waals surface area contributed by atoms with Gasteiger partial charge in [0.1, 0.15) is 5.60 Å². The van der Waals surface area contributed by atoms with Gasteiger partial charge in [-0.1, -0.05) is 0 Å². The Bertz CT molecular complexity index is 371. The van der Waals surface area contributed by atoms with Crippen LogP contribution in [0.1, 0.15) is 33.6 Å². The molecule has 0 aliphatic heterocycles. The van der Waals surface area contributed by atoms with Gasteiger partial charge >= 0.3 is 12.3 Å². The van der Waals surface area contributed by atoms with Crippen LogP contribution in [0.4, 0.5) is 18.0 Å². The molecule has 0 bridgehead atoms. The van der Waals surface area contributed by atoms with Crippen LogP contribution in [0.25, 0.3) is 0 Å². The second-order valence-electron chi connectivity index (χ2n) is 5.57. The largest absolute Gasteiger partial charge is 0.444 e. The maximum Gasteiger partial charge on any atom is 0.407 e. The van der Waals surface area contributed by atoms with Gasteiger partial charge in [-0.25, -0.2) is 4.79 Å². The monoisotopic (exact) mass is 454 g/mol. The molecule has 0 fully saturated rings. The van der Waals surface area contributed by atoms with E-state index in [1.54, 1.807) is 20.8 Å². The molecule has 6 nitrogen and oxygen atoms in total. The molecule has 0 saturated carbocycles. The summed E-state index contributed by atoms with van der Waals surface area (Å²) in [4.78, 5) is 15.2. The molecule has 0 aromatic heterocycles. The number of amides is 1. The molecule has 23 heavy (non-hydrogen) atoms. The van der Waals surface area contributed by atoms with Gasteiger partial charge in [0.15, 0.2) is 5.96 Å². The number of ether oxygens (including phenoxy) is 1. The van der Waals surface area contributed by atoms with E-state index in [1.807, 2.05) is 0 Å². The number of alkyl carbamates (subject to hydrolysis) is 1. The predicted molar refractivity (Wildman–Crippen MR) is 94.3 cm³/mol. The number of hydrogen-bond acceptors (Lipinski definition) is 3. The highest BCUT2D eigenvalue weighted by atomic mass is 127. The van der Waals surface area contributed by atoms with Gasteiger partial charge in [0.05, 0.1) is 6.42 Å². The standard InChI is InChI=1S/C13H25F3N4O2.HI/c1-12(2,3)22-11(21)20-8-5-7-18-10(17-4)19-9-6-13(14,15)16;/h5-9H2,1-4H3,(H,20,21)(H2,17,18,19);1H. The van der Waals surface area contributed by atoms with Crippen molar-refractivity contribution >= 4 is 36.0 Å². The quantitative estimate of drug-likeness (QED) is 0.250. The third kappa shape index (κ3) is 17.2. The van der Waals surface area contributed by atoms with E-state index in [0.29, 0.717) is 25.5 Å². The normalized spacial score (nSPS) is 12.2. The second kappa shape index (κ2) is 11.6. The Hall–Kier alpha value is -0.940. The Labute approximate surface area is 152 Å². The minimum Gasteiger partial charge on any atom is -0.444 e. The third-order valence-corrected chi connectivity index (χ3v) is 2.24. The van der Waals surface area contributed by atoms with Crippen molar-refractivity contribution < 1.29 is 22.7 Å². The number of halogens is 4. The predicted octanol–water partition coefficient (Wildman–Crippen LogP) is 2.64. The Morgan fingerprint density at radius 3 is 2.04 bits per heavy atom. The summed E-state index contributed by atoms with van der Waals surface area (Å²) in [6.07, 6.45) is -5.03. The minimum absolute atomic E-state index is 0. The smallest absolute Gasteiger partial charge is 0.407 e. The highest BCUT2D eigenvalue weighted by Gasteiger charge is 2.26. The van der Waals surface area contributed by atoms with Gasteiger partial charge in [0.25, 0.3) is 0 Å². The fraction of sp³-hybridized carbons (Fsp3) is 0.846. The van der Waals surface area contributed by atoms with Gasteiger partial charge in [0, 0.05) is 26.7 Å². The van der Waals surface area contributed by atoms with Gasteiger partial charge < -0.3 is 20.7 Å². The van der Waals surface area contributed by atoms with Gasteiger partial charge in [-0.2, -0.15) is 13.2 Å². The molecule has 0 aromatic carbocycles. The summed E-state index contributed by atoms with van der Waals surface area (Å²) in [6.45, 7) is 5.92. The lowest BCUT2D eigenvalue weighted by Gasteiger charge is -2.19. The Balaban J connectivity index is 0. The van der Waals surface area contributed by atoms with Gasteiger partial charge in [0.2, 0.25) is 0 Å². The maximum absolute atomic E-state index is 12.0. The molecule has 0 spiro atoms. The first-order valence-corrected chi connectivity index (χ1v) is 7.01. The summed E-state index contributed by atoms with van der Waals surface area (Å²) < 4.78 is 41.1. The zero-order chi connectivity index (χ0) is 17.2. The molecular weight excluding hydrogens is 428 g/mol. The van der Waals surface area contributed by atoms with Crippen molar-refractivity contribution in [2.45, 2.75) is 45.4 Å². The fourth-order valence-electron chi connectivity index (χ4n) is 1.34. The average molecular weight is 454 g/mol. The summed E-state index contributed by atoms with van der Waals surface area (Å²) in [5.74, 6) is 0.293. The minimum atomic E-state index is -4.19. The first-order valence-electron chi connectivity index (χ1n) is 7.01. The fourth-order valence-corrected chi connectivity index (χ4v) is 1.34. The van der Waals surface area contributed by atoms with Crippen LogP contribution >= 0.6 is 24.0 Å². The van der Waals surface area contributed by atoms with E-state index in [-0.39, 0.29) is 30.5 Å². The van der Waals surface area contributed by atoms with Crippen LogP contribution in [-0.2, 0) is 4.74 Å². The lowest BCUT2D eigenvalue weighted by Crippen LogP contribution is -2.40. The van der Waals surface area contributed by atoms with Crippen LogP contribution in [0.3, 0.4) is 0 Å². The summed E-state index contributed by atoms with van der Waals surface area (Å²) in [5, 5.41) is 8.00. The van der Waals surface area contributed by atoms with Crippen molar-refractivity contribution in [2.75, 3.05) is 26.7 Å². The van der Waals surface area contributed by atoms with Crippen LogP contribution < -0.4 is 16.0 Å². The zero-order valence-electron chi connectivity index (χ0n) is 13.8. The van der Waals surface area contributed by atoms with E-state index in [9.17, 15) is 18.0 Å². The number of carbonyl (C=O) groups excluding carboxylic acids is 1. The van der Waals surface area contributed by atoms with E-state index in [1.165, 1.54) is 7.05 Å². The number of rotatable bonds is 6. The van der Waals surface area contributed by atoms with Crippen molar-refractivity contribution in [1.29, 1.82) is 0 Å². The third-order valence-electron chi connectivity index (χ3n) is 2.24. The van der Waals surface area contributed by atoms with Crippen molar-refractivity contribution in [3.05, 3.63) is 0 Å². The van der Waals surface area contributed by atoms with Crippen LogP contribution in [0.2, 0.25) is 0 Å². The van der Waals surface area contributed by atoms with E-state index in [0.717, 1.165) is 0 Å². The Kier molecular flexibility index (Phi) is 12.2. The van der Waals surface area contributed by atoms with E-state index in [2.05, 4.69) is 20.9 Å². The highest BCUT2D eigenvalue weighted by Crippen LogP contribution is 2.17. The van der Waals surface area contributed by atoms with E-state index >= 15 is 0 Å². The summed E-state index contributed by atoms with van der Waals surface area (Å²) in [6, 6.07) is 0. The zero-order valence-corrected chi connectivity index (χ0v) is 16.2. The van der Waals surface area contributed by atoms with Crippen LogP contribution in [-0.4, -0.2) is 50.5 Å². The summed E-state index contributed by atoms with van der Waals surface area (Å²) >= 11 is 0. The number of carbonyl (C=O) groups is 1. The Morgan fingerprint density at radius 1 is 1.04 bits per heavy atom. The molecule has 1 amide bonds. The van der Waals surface area contributed by atoms with Crippen molar-refractivity contribution in [2.24, 2.45) is 4.99 Å². The maximum atomic E-state index is 12.0. The SMILES string of the molecule is CN=C(NCCCNC(=O)OC(C)(C)C)NCCC(F)(F)F.I. The number of alkyl halides is 3. The van der Waals surface area contributed by atoms with Crippen molar-refractivity contribution in [3.8, 4) is 0 Å². The van der Waals surface area contributed by atoms with Gasteiger partial charge in [-0.15, -0.1) is 24.0 Å². The lowest BCUT2D eigenvalue weighted by atomic mass is 10.2. The second-order valence-corrected chi connectivity index (χ2v) is 5.57. The van der Waals surface area contributed by atoms with Crippen LogP contribution in [0.15, 0.2) is 4.99 Å². The van der Waals surface area contributed by atoms with Gasteiger partial charge in [-0.3, -0.25) is 4.99 Å². The van der Waals surface area contributed by atoms with E-state index in [4.69, 9.17) is 4.74 Å². The first-order chi connectivity index (χ1) is 10.0. The molecule has 0 heterocycles. The number of aliphatic imine (C=N–C) groups is 1. The van der Waals surface area contributed by atoms with Crippen LogP contribution in [0.5, 0.6) is 0 Å². The van der Waals surface area contributed by atoms with Crippen molar-refractivity contribution in [1.82, 2.24) is 16.0 Å². The molecule has 3 N–H and O–H groups in total. The molecule has 10 heteroatoms. The molecule has 0 unspecified atom stereocenters. The molecule has 0 atom stereocenters. The molecule has 0 radical (unpaired) electrons. The number of hydrogen-bond donors (Lipinski definition) is 3. The number of nitrogens with one attached hydrogen (secondary N) is 3. The van der Waals surface area contributed by atoms with Gasteiger partial charge in [-0.05, 0) is 27.2 Å². The lowest BCUT2D eigenvalue weighted by molar-refractivity contribution is -0.132. The van der Waals surface area contributed by atoms with Crippen LogP contribution in [0, 0.1) is 0 Å². The highest BCUT2D eigenvalue weighted by molar-refractivity contribution is 14.0. The van der Waals surface area contributed by atoms with E-state index < -0.39 is 24.3 Å². The molecule has 0 rings (SSSR count). The topological polar surface area (TPSA) is 74.8 Å². The molecular formula is C13H26F3IN4O2.